The van der Waals surface area contributed by atoms with Crippen LogP contribution in [-0.2, 0) is 16.1 Å². The molecular weight excluding hydrogens is 270 g/mol. The standard InChI is InChI=1S/C11H15N3O4S/c1-6-2-3-7(19-6)5-13-11(18)14-8(10(16)17)4-9(12)15/h2-3,8H,4-5H2,1H3,(H2,12,15)(H,16,17)(H2,13,14,18)/t8-/m0/s1. The van der Waals surface area contributed by atoms with Crippen molar-refractivity contribution in [1.29, 1.82) is 0 Å². The summed E-state index contributed by atoms with van der Waals surface area (Å²) < 4.78 is 0. The highest BCUT2D eigenvalue weighted by atomic mass is 32.1. The molecule has 0 saturated carbocycles. The number of carbonyl (C=O) groups is 3. The second-order valence-electron chi connectivity index (χ2n) is 3.90. The summed E-state index contributed by atoms with van der Waals surface area (Å²) in [6.45, 7) is 2.24. The van der Waals surface area contributed by atoms with Crippen molar-refractivity contribution in [3.63, 3.8) is 0 Å². The van der Waals surface area contributed by atoms with Gasteiger partial charge in [0.1, 0.15) is 6.04 Å². The minimum Gasteiger partial charge on any atom is -0.480 e. The van der Waals surface area contributed by atoms with E-state index in [9.17, 15) is 14.4 Å². The molecule has 1 heterocycles. The van der Waals surface area contributed by atoms with Crippen LogP contribution in [0.3, 0.4) is 0 Å². The number of carboxylic acids is 1. The van der Waals surface area contributed by atoms with Gasteiger partial charge < -0.3 is 21.5 Å². The van der Waals surface area contributed by atoms with Gasteiger partial charge in [0.15, 0.2) is 0 Å². The predicted molar refractivity (Wildman–Crippen MR) is 69.7 cm³/mol. The molecule has 3 amide bonds. The summed E-state index contributed by atoms with van der Waals surface area (Å²) in [4.78, 5) is 35.0. The lowest BCUT2D eigenvalue weighted by Gasteiger charge is -2.13. The number of nitrogens with one attached hydrogen (secondary N) is 2. The van der Waals surface area contributed by atoms with E-state index in [1.54, 1.807) is 0 Å². The third-order valence-electron chi connectivity index (χ3n) is 2.23. The quantitative estimate of drug-likeness (QED) is 0.595. The zero-order valence-corrected chi connectivity index (χ0v) is 11.1. The van der Waals surface area contributed by atoms with E-state index in [0.717, 1.165) is 9.75 Å². The Labute approximate surface area is 113 Å². The Morgan fingerprint density at radius 2 is 2.11 bits per heavy atom. The minimum absolute atomic E-state index is 0.299. The molecule has 104 valence electrons. The second-order valence-corrected chi connectivity index (χ2v) is 5.27. The molecule has 0 aliphatic heterocycles. The van der Waals surface area contributed by atoms with Gasteiger partial charge in [0.25, 0.3) is 0 Å². The molecule has 0 aliphatic carbocycles. The molecule has 1 atom stereocenters. The first-order valence-corrected chi connectivity index (χ1v) is 6.31. The lowest BCUT2D eigenvalue weighted by molar-refractivity contribution is -0.140. The van der Waals surface area contributed by atoms with Crippen molar-refractivity contribution in [3.05, 3.63) is 21.9 Å². The highest BCUT2D eigenvalue weighted by Crippen LogP contribution is 2.14. The second kappa shape index (κ2) is 6.74. The van der Waals surface area contributed by atoms with Crippen LogP contribution in [0.15, 0.2) is 12.1 Å². The Morgan fingerprint density at radius 3 is 2.58 bits per heavy atom. The number of carboxylic acid groups (broad SMARTS) is 1. The van der Waals surface area contributed by atoms with Gasteiger partial charge in [-0.2, -0.15) is 0 Å². The molecule has 1 rings (SSSR count). The van der Waals surface area contributed by atoms with Gasteiger partial charge in [0.05, 0.1) is 13.0 Å². The number of aryl methyl sites for hydroxylation is 1. The number of thiophene rings is 1. The van der Waals surface area contributed by atoms with Crippen LogP contribution in [0.4, 0.5) is 4.79 Å². The average molecular weight is 285 g/mol. The van der Waals surface area contributed by atoms with Crippen LogP contribution in [0.25, 0.3) is 0 Å². The highest BCUT2D eigenvalue weighted by Gasteiger charge is 2.21. The molecule has 0 saturated heterocycles. The van der Waals surface area contributed by atoms with E-state index in [1.165, 1.54) is 11.3 Å². The van der Waals surface area contributed by atoms with Gasteiger partial charge in [0.2, 0.25) is 5.91 Å². The van der Waals surface area contributed by atoms with Crippen LogP contribution in [0.2, 0.25) is 0 Å². The summed E-state index contributed by atoms with van der Waals surface area (Å²) in [7, 11) is 0. The Bertz CT molecular complexity index is 486. The summed E-state index contributed by atoms with van der Waals surface area (Å²) in [5.74, 6) is -2.09. The monoisotopic (exact) mass is 285 g/mol. The van der Waals surface area contributed by atoms with Gasteiger partial charge in [-0.1, -0.05) is 0 Å². The Morgan fingerprint density at radius 1 is 1.42 bits per heavy atom. The van der Waals surface area contributed by atoms with Gasteiger partial charge in [-0.05, 0) is 19.1 Å². The summed E-state index contributed by atoms with van der Waals surface area (Å²) in [6, 6.07) is 1.83. The number of amides is 3. The van der Waals surface area contributed by atoms with Crippen molar-refractivity contribution in [2.45, 2.75) is 25.9 Å². The zero-order valence-electron chi connectivity index (χ0n) is 10.3. The van der Waals surface area contributed by atoms with Crippen molar-refractivity contribution in [2.75, 3.05) is 0 Å². The fourth-order valence-electron chi connectivity index (χ4n) is 1.36. The minimum atomic E-state index is -1.32. The van der Waals surface area contributed by atoms with E-state index >= 15 is 0 Å². The molecule has 0 aromatic carbocycles. The maximum atomic E-state index is 11.5. The van der Waals surface area contributed by atoms with Gasteiger partial charge in [0, 0.05) is 9.75 Å². The van der Waals surface area contributed by atoms with E-state index in [-0.39, 0.29) is 0 Å². The van der Waals surface area contributed by atoms with Crippen LogP contribution < -0.4 is 16.4 Å². The maximum absolute atomic E-state index is 11.5. The molecule has 5 N–H and O–H groups in total. The average Bonchev–Trinajstić information content (AvgIpc) is 2.71. The number of rotatable bonds is 6. The third-order valence-corrected chi connectivity index (χ3v) is 3.23. The van der Waals surface area contributed by atoms with E-state index in [0.29, 0.717) is 6.54 Å². The fraction of sp³-hybridized carbons (Fsp3) is 0.364. The van der Waals surface area contributed by atoms with Crippen molar-refractivity contribution < 1.29 is 19.5 Å². The predicted octanol–water partition coefficient (Wildman–Crippen LogP) is 0.184. The largest absolute Gasteiger partial charge is 0.480 e. The molecule has 0 aliphatic rings. The summed E-state index contributed by atoms with van der Waals surface area (Å²) >= 11 is 1.53. The summed E-state index contributed by atoms with van der Waals surface area (Å²) in [6.07, 6.45) is -0.444. The number of urea groups is 1. The first-order valence-electron chi connectivity index (χ1n) is 5.49. The fourth-order valence-corrected chi connectivity index (χ4v) is 2.19. The first kappa shape index (κ1) is 15.0. The molecule has 0 bridgehead atoms. The first-order chi connectivity index (χ1) is 8.88. The van der Waals surface area contributed by atoms with Crippen molar-refractivity contribution >= 4 is 29.2 Å². The Balaban J connectivity index is 2.44. The molecule has 1 aromatic rings. The SMILES string of the molecule is Cc1ccc(CNC(=O)N[C@@H](CC(N)=O)C(=O)O)s1. The normalized spacial score (nSPS) is 11.6. The third kappa shape index (κ3) is 5.38. The molecule has 0 radical (unpaired) electrons. The Kier molecular flexibility index (Phi) is 5.31. The summed E-state index contributed by atoms with van der Waals surface area (Å²) in [5, 5.41) is 13.5. The molecule has 0 unspecified atom stereocenters. The van der Waals surface area contributed by atoms with Crippen molar-refractivity contribution in [2.24, 2.45) is 5.73 Å². The molecule has 0 spiro atoms. The van der Waals surface area contributed by atoms with Gasteiger partial charge >= 0.3 is 12.0 Å². The smallest absolute Gasteiger partial charge is 0.326 e. The Hall–Kier alpha value is -2.09. The zero-order chi connectivity index (χ0) is 14.4. The van der Waals surface area contributed by atoms with E-state index in [4.69, 9.17) is 10.8 Å². The van der Waals surface area contributed by atoms with Crippen molar-refractivity contribution in [1.82, 2.24) is 10.6 Å². The van der Waals surface area contributed by atoms with Gasteiger partial charge in [-0.25, -0.2) is 9.59 Å². The van der Waals surface area contributed by atoms with E-state index in [2.05, 4.69) is 10.6 Å². The van der Waals surface area contributed by atoms with Gasteiger partial charge in [-0.15, -0.1) is 11.3 Å². The molecule has 7 nitrogen and oxygen atoms in total. The van der Waals surface area contributed by atoms with Gasteiger partial charge in [-0.3, -0.25) is 4.79 Å². The number of aliphatic carboxylic acids is 1. The molecule has 19 heavy (non-hydrogen) atoms. The van der Waals surface area contributed by atoms with Crippen LogP contribution in [0.5, 0.6) is 0 Å². The maximum Gasteiger partial charge on any atom is 0.326 e. The molecule has 8 heteroatoms. The molecular formula is C11H15N3O4S. The van der Waals surface area contributed by atoms with Crippen LogP contribution in [-0.4, -0.2) is 29.1 Å². The van der Waals surface area contributed by atoms with Crippen LogP contribution >= 0.6 is 11.3 Å². The summed E-state index contributed by atoms with van der Waals surface area (Å²) in [5.41, 5.74) is 4.90. The van der Waals surface area contributed by atoms with Crippen LogP contribution in [0, 0.1) is 6.92 Å². The highest BCUT2D eigenvalue weighted by molar-refractivity contribution is 7.11. The van der Waals surface area contributed by atoms with E-state index < -0.39 is 30.4 Å². The molecule has 1 aromatic heterocycles. The number of hydrogen-bond acceptors (Lipinski definition) is 4. The van der Waals surface area contributed by atoms with Crippen LogP contribution in [0.1, 0.15) is 16.2 Å². The number of primary amides is 1. The van der Waals surface area contributed by atoms with E-state index in [1.807, 2.05) is 19.1 Å². The topological polar surface area (TPSA) is 122 Å². The molecule has 0 fully saturated rings. The lowest BCUT2D eigenvalue weighted by atomic mass is 10.2. The van der Waals surface area contributed by atoms with Crippen molar-refractivity contribution in [3.8, 4) is 0 Å². The number of hydrogen-bond donors (Lipinski definition) is 4. The number of carbonyl (C=O) groups excluding carboxylic acids is 2. The lowest BCUT2D eigenvalue weighted by Crippen LogP contribution is -2.47. The number of nitrogens with two attached hydrogens (primary N) is 1.